The van der Waals surface area contributed by atoms with Crippen LogP contribution in [0.5, 0.6) is 11.5 Å². The lowest BCUT2D eigenvalue weighted by atomic mass is 10.1. The van der Waals surface area contributed by atoms with Crippen LogP contribution in [-0.4, -0.2) is 34.1 Å². The Morgan fingerprint density at radius 1 is 1.23 bits per heavy atom. The van der Waals surface area contributed by atoms with E-state index in [1.807, 2.05) is 6.92 Å². The van der Waals surface area contributed by atoms with Gasteiger partial charge in [-0.15, -0.1) is 0 Å². The molecule has 0 fully saturated rings. The standard InChI is InChI=1S/C18H23ClN2O4S/c1-4-25-17-10-12(8-9-16(17)24-2)15(11-26(3,22)23)21-14-7-5-6-13(19)18(14)20/h5-10,15,21H,4,11,20H2,1-3H3/t15-/m1/s1. The highest BCUT2D eigenvalue weighted by Gasteiger charge is 2.20. The van der Waals surface area contributed by atoms with Gasteiger partial charge in [0, 0.05) is 6.26 Å². The van der Waals surface area contributed by atoms with Crippen molar-refractivity contribution < 1.29 is 17.9 Å². The molecule has 8 heteroatoms. The Kier molecular flexibility index (Phi) is 6.61. The molecule has 0 radical (unpaired) electrons. The third kappa shape index (κ3) is 5.19. The lowest BCUT2D eigenvalue weighted by Gasteiger charge is -2.22. The van der Waals surface area contributed by atoms with Crippen LogP contribution in [-0.2, 0) is 9.84 Å². The fourth-order valence-electron chi connectivity index (χ4n) is 2.55. The summed E-state index contributed by atoms with van der Waals surface area (Å²) < 4.78 is 34.8. The first-order valence-electron chi connectivity index (χ1n) is 8.04. The van der Waals surface area contributed by atoms with Crippen LogP contribution < -0.4 is 20.5 Å². The Bertz CT molecular complexity index is 871. The van der Waals surface area contributed by atoms with Crippen molar-refractivity contribution in [2.45, 2.75) is 13.0 Å². The number of sulfone groups is 1. The number of nitrogens with one attached hydrogen (secondary N) is 1. The number of rotatable bonds is 8. The predicted octanol–water partition coefficient (Wildman–Crippen LogP) is 3.53. The summed E-state index contributed by atoms with van der Waals surface area (Å²) in [5.74, 6) is 1.01. The Morgan fingerprint density at radius 3 is 2.58 bits per heavy atom. The summed E-state index contributed by atoms with van der Waals surface area (Å²) in [4.78, 5) is 0. The lowest BCUT2D eigenvalue weighted by molar-refractivity contribution is 0.310. The van der Waals surface area contributed by atoms with Crippen molar-refractivity contribution in [2.24, 2.45) is 0 Å². The van der Waals surface area contributed by atoms with Crippen LogP contribution in [0.25, 0.3) is 0 Å². The van der Waals surface area contributed by atoms with Gasteiger partial charge in [0.25, 0.3) is 0 Å². The van der Waals surface area contributed by atoms with E-state index in [-0.39, 0.29) is 5.75 Å². The molecule has 6 nitrogen and oxygen atoms in total. The molecule has 0 spiro atoms. The number of nitrogens with two attached hydrogens (primary N) is 1. The van der Waals surface area contributed by atoms with Crippen LogP contribution >= 0.6 is 11.6 Å². The molecule has 3 N–H and O–H groups in total. The summed E-state index contributed by atoms with van der Waals surface area (Å²) >= 11 is 6.06. The highest BCUT2D eigenvalue weighted by Crippen LogP contribution is 2.34. The first-order valence-corrected chi connectivity index (χ1v) is 10.5. The van der Waals surface area contributed by atoms with E-state index in [2.05, 4.69) is 5.32 Å². The molecular formula is C18H23ClN2O4S. The second-order valence-electron chi connectivity index (χ2n) is 5.83. The molecule has 2 aromatic carbocycles. The molecule has 0 aliphatic heterocycles. The molecule has 0 aliphatic carbocycles. The van der Waals surface area contributed by atoms with Crippen LogP contribution in [0, 0.1) is 0 Å². The average Bonchev–Trinajstić information content (AvgIpc) is 2.57. The zero-order valence-corrected chi connectivity index (χ0v) is 16.5. The monoisotopic (exact) mass is 398 g/mol. The lowest BCUT2D eigenvalue weighted by Crippen LogP contribution is -2.21. The van der Waals surface area contributed by atoms with Gasteiger partial charge in [-0.1, -0.05) is 23.7 Å². The summed E-state index contributed by atoms with van der Waals surface area (Å²) in [5.41, 5.74) is 7.68. The van der Waals surface area contributed by atoms with Gasteiger partial charge in [0.15, 0.2) is 11.5 Å². The molecule has 0 saturated heterocycles. The molecule has 0 aromatic heterocycles. The number of halogens is 1. The van der Waals surface area contributed by atoms with Crippen LogP contribution in [0.15, 0.2) is 36.4 Å². The number of ether oxygens (including phenoxy) is 2. The number of nitrogen functional groups attached to an aromatic ring is 1. The third-order valence-electron chi connectivity index (χ3n) is 3.74. The number of hydrogen-bond donors (Lipinski definition) is 2. The predicted molar refractivity (Wildman–Crippen MR) is 106 cm³/mol. The van der Waals surface area contributed by atoms with E-state index in [4.69, 9.17) is 26.8 Å². The van der Waals surface area contributed by atoms with E-state index in [1.165, 1.54) is 6.26 Å². The zero-order chi connectivity index (χ0) is 19.3. The van der Waals surface area contributed by atoms with Gasteiger partial charge < -0.3 is 20.5 Å². The summed E-state index contributed by atoms with van der Waals surface area (Å²) in [5, 5.41) is 3.58. The fraction of sp³-hybridized carbons (Fsp3) is 0.333. The van der Waals surface area contributed by atoms with Crippen LogP contribution in [0.3, 0.4) is 0 Å². The molecule has 1 atom stereocenters. The third-order valence-corrected chi connectivity index (χ3v) is 5.01. The maximum absolute atomic E-state index is 11.9. The fourth-order valence-corrected chi connectivity index (χ4v) is 3.61. The number of anilines is 2. The second kappa shape index (κ2) is 8.51. The number of para-hydroxylation sites is 1. The summed E-state index contributed by atoms with van der Waals surface area (Å²) in [6.45, 7) is 2.33. The number of benzene rings is 2. The zero-order valence-electron chi connectivity index (χ0n) is 15.0. The Labute approximate surface area is 159 Å². The van der Waals surface area contributed by atoms with Gasteiger partial charge in [-0.3, -0.25) is 0 Å². The molecule has 0 unspecified atom stereocenters. The molecule has 0 aliphatic rings. The van der Waals surface area contributed by atoms with Crippen LogP contribution in [0.1, 0.15) is 18.5 Å². The molecule has 26 heavy (non-hydrogen) atoms. The maximum Gasteiger partial charge on any atom is 0.161 e. The molecule has 0 amide bonds. The highest BCUT2D eigenvalue weighted by atomic mass is 35.5. The van der Waals surface area contributed by atoms with E-state index < -0.39 is 15.9 Å². The van der Waals surface area contributed by atoms with Crippen LogP contribution in [0.4, 0.5) is 11.4 Å². The van der Waals surface area contributed by atoms with Crippen LogP contribution in [0.2, 0.25) is 5.02 Å². The minimum Gasteiger partial charge on any atom is -0.493 e. The Balaban J connectivity index is 2.44. The topological polar surface area (TPSA) is 90.7 Å². The smallest absolute Gasteiger partial charge is 0.161 e. The molecule has 0 heterocycles. The minimum absolute atomic E-state index is 0.114. The van der Waals surface area contributed by atoms with E-state index in [0.29, 0.717) is 34.5 Å². The molecule has 142 valence electrons. The van der Waals surface area contributed by atoms with E-state index in [9.17, 15) is 8.42 Å². The summed E-state index contributed by atoms with van der Waals surface area (Å²) in [7, 11) is -1.71. The highest BCUT2D eigenvalue weighted by molar-refractivity contribution is 7.90. The van der Waals surface area contributed by atoms with E-state index >= 15 is 0 Å². The van der Waals surface area contributed by atoms with Gasteiger partial charge in [0.1, 0.15) is 9.84 Å². The van der Waals surface area contributed by atoms with Crippen molar-refractivity contribution in [1.29, 1.82) is 0 Å². The number of hydrogen-bond acceptors (Lipinski definition) is 6. The minimum atomic E-state index is -3.26. The molecule has 0 saturated carbocycles. The van der Waals surface area contributed by atoms with Crippen molar-refractivity contribution >= 4 is 32.8 Å². The summed E-state index contributed by atoms with van der Waals surface area (Å²) in [6.07, 6.45) is 1.19. The summed E-state index contributed by atoms with van der Waals surface area (Å²) in [6, 6.07) is 9.96. The van der Waals surface area contributed by atoms with Crippen molar-refractivity contribution in [3.63, 3.8) is 0 Å². The number of methoxy groups -OCH3 is 1. The molecule has 0 bridgehead atoms. The first-order chi connectivity index (χ1) is 12.2. The van der Waals surface area contributed by atoms with E-state index in [0.717, 1.165) is 5.56 Å². The normalized spacial score (nSPS) is 12.5. The van der Waals surface area contributed by atoms with Gasteiger partial charge in [-0.2, -0.15) is 0 Å². The van der Waals surface area contributed by atoms with Crippen molar-refractivity contribution in [2.75, 3.05) is 36.8 Å². The quantitative estimate of drug-likeness (QED) is 0.661. The van der Waals surface area contributed by atoms with Crippen molar-refractivity contribution in [1.82, 2.24) is 0 Å². The van der Waals surface area contributed by atoms with Crippen molar-refractivity contribution in [3.8, 4) is 11.5 Å². The maximum atomic E-state index is 11.9. The van der Waals surface area contributed by atoms with Gasteiger partial charge in [-0.05, 0) is 36.8 Å². The molecule has 2 aromatic rings. The van der Waals surface area contributed by atoms with E-state index in [1.54, 1.807) is 43.5 Å². The van der Waals surface area contributed by atoms with Crippen molar-refractivity contribution in [3.05, 3.63) is 47.0 Å². The Hall–Kier alpha value is -2.12. The second-order valence-corrected chi connectivity index (χ2v) is 8.43. The molecule has 2 rings (SSSR count). The van der Waals surface area contributed by atoms with Gasteiger partial charge in [-0.25, -0.2) is 8.42 Å². The Morgan fingerprint density at radius 2 is 1.96 bits per heavy atom. The average molecular weight is 399 g/mol. The van der Waals surface area contributed by atoms with Gasteiger partial charge >= 0.3 is 0 Å². The van der Waals surface area contributed by atoms with Gasteiger partial charge in [0.2, 0.25) is 0 Å². The first kappa shape index (κ1) is 20.2. The largest absolute Gasteiger partial charge is 0.493 e. The molecular weight excluding hydrogens is 376 g/mol. The SMILES string of the molecule is CCOc1cc([C@@H](CS(C)(=O)=O)Nc2cccc(Cl)c2N)ccc1OC. The van der Waals surface area contributed by atoms with Gasteiger partial charge in [0.05, 0.1) is 41.9 Å².